The molecule has 2 aromatic heterocycles. The molecule has 0 spiro atoms. The monoisotopic (exact) mass is 475 g/mol. The van der Waals surface area contributed by atoms with Crippen LogP contribution in [0, 0.1) is 6.92 Å². The number of ether oxygens (including phenoxy) is 1. The fraction of sp³-hybridized carbons (Fsp3) is 0.280. The summed E-state index contributed by atoms with van der Waals surface area (Å²) in [6.07, 6.45) is 0. The van der Waals surface area contributed by atoms with Crippen LogP contribution >= 0.6 is 11.3 Å². The van der Waals surface area contributed by atoms with Crippen LogP contribution in [-0.2, 0) is 6.54 Å². The van der Waals surface area contributed by atoms with Gasteiger partial charge in [0.25, 0.3) is 11.5 Å². The average Bonchev–Trinajstić information content (AvgIpc) is 3.29. The molecule has 0 bridgehead atoms. The summed E-state index contributed by atoms with van der Waals surface area (Å²) < 4.78 is 6.78. The molecule has 3 heterocycles. The zero-order valence-corrected chi connectivity index (χ0v) is 19.9. The second kappa shape index (κ2) is 9.36. The molecular weight excluding hydrogens is 450 g/mol. The molecule has 5 rings (SSSR count). The standard InChI is InChI=1S/C25H25N5O3S/c1-17-7-3-4-8-19(17)24(32)29-13-11-28(12-14-29)16-18-15-22(31)30-25(26-18)34-23(27-30)20-9-5-6-10-21(20)33-2/h3-10,15H,11-14,16H2,1-2H3. The number of amides is 1. The van der Waals surface area contributed by atoms with E-state index in [-0.39, 0.29) is 11.5 Å². The van der Waals surface area contributed by atoms with Gasteiger partial charge in [-0.2, -0.15) is 9.61 Å². The highest BCUT2D eigenvalue weighted by molar-refractivity contribution is 7.19. The predicted molar refractivity (Wildman–Crippen MR) is 131 cm³/mol. The molecule has 174 valence electrons. The van der Waals surface area contributed by atoms with E-state index in [2.05, 4.69) is 10.00 Å². The van der Waals surface area contributed by atoms with Gasteiger partial charge in [-0.1, -0.05) is 41.7 Å². The van der Waals surface area contributed by atoms with E-state index in [0.29, 0.717) is 41.0 Å². The molecule has 1 fully saturated rings. The third-order valence-electron chi connectivity index (χ3n) is 6.06. The molecule has 4 aromatic rings. The molecule has 0 saturated carbocycles. The summed E-state index contributed by atoms with van der Waals surface area (Å²) in [6, 6.07) is 16.8. The molecule has 0 aliphatic carbocycles. The maximum Gasteiger partial charge on any atom is 0.275 e. The molecule has 0 N–H and O–H groups in total. The normalized spacial score (nSPS) is 14.5. The van der Waals surface area contributed by atoms with E-state index < -0.39 is 0 Å². The Morgan fingerprint density at radius 3 is 2.56 bits per heavy atom. The van der Waals surface area contributed by atoms with Crippen molar-refractivity contribution in [3.05, 3.63) is 81.8 Å². The number of hydrogen-bond donors (Lipinski definition) is 0. The number of methoxy groups -OCH3 is 1. The first kappa shape index (κ1) is 22.2. The van der Waals surface area contributed by atoms with Gasteiger partial charge >= 0.3 is 0 Å². The zero-order chi connectivity index (χ0) is 23.7. The second-order valence-electron chi connectivity index (χ2n) is 8.27. The Hall–Kier alpha value is -3.56. The van der Waals surface area contributed by atoms with Crippen molar-refractivity contribution in [2.75, 3.05) is 33.3 Å². The molecule has 1 aliphatic rings. The lowest BCUT2D eigenvalue weighted by atomic mass is 10.1. The van der Waals surface area contributed by atoms with Crippen molar-refractivity contribution in [1.82, 2.24) is 24.4 Å². The van der Waals surface area contributed by atoms with Crippen molar-refractivity contribution in [2.24, 2.45) is 0 Å². The third kappa shape index (κ3) is 4.32. The lowest BCUT2D eigenvalue weighted by Crippen LogP contribution is -2.48. The highest BCUT2D eigenvalue weighted by Gasteiger charge is 2.23. The van der Waals surface area contributed by atoms with E-state index in [9.17, 15) is 9.59 Å². The Morgan fingerprint density at radius 1 is 1.06 bits per heavy atom. The minimum Gasteiger partial charge on any atom is -0.496 e. The van der Waals surface area contributed by atoms with Crippen molar-refractivity contribution < 1.29 is 9.53 Å². The molecular formula is C25H25N5O3S. The lowest BCUT2D eigenvalue weighted by molar-refractivity contribution is 0.0626. The van der Waals surface area contributed by atoms with Crippen LogP contribution in [0.1, 0.15) is 21.6 Å². The Balaban J connectivity index is 1.30. The van der Waals surface area contributed by atoms with Crippen LogP contribution in [0.4, 0.5) is 0 Å². The highest BCUT2D eigenvalue weighted by atomic mass is 32.1. The molecule has 0 radical (unpaired) electrons. The van der Waals surface area contributed by atoms with Crippen LogP contribution < -0.4 is 10.3 Å². The van der Waals surface area contributed by atoms with Crippen molar-refractivity contribution in [3.63, 3.8) is 0 Å². The van der Waals surface area contributed by atoms with E-state index in [1.807, 2.05) is 60.4 Å². The molecule has 1 amide bonds. The number of rotatable bonds is 5. The van der Waals surface area contributed by atoms with Gasteiger partial charge in [0.15, 0.2) is 5.01 Å². The lowest BCUT2D eigenvalue weighted by Gasteiger charge is -2.34. The molecule has 1 saturated heterocycles. The maximum atomic E-state index is 12.9. The number of aromatic nitrogens is 3. The number of para-hydroxylation sites is 1. The Bertz CT molecular complexity index is 1410. The van der Waals surface area contributed by atoms with Gasteiger partial charge < -0.3 is 9.64 Å². The van der Waals surface area contributed by atoms with E-state index in [4.69, 9.17) is 9.72 Å². The average molecular weight is 476 g/mol. The van der Waals surface area contributed by atoms with E-state index >= 15 is 0 Å². The van der Waals surface area contributed by atoms with Crippen molar-refractivity contribution in [2.45, 2.75) is 13.5 Å². The number of benzene rings is 2. The Kier molecular flexibility index (Phi) is 6.12. The van der Waals surface area contributed by atoms with Crippen molar-refractivity contribution in [3.8, 4) is 16.3 Å². The largest absolute Gasteiger partial charge is 0.496 e. The van der Waals surface area contributed by atoms with Gasteiger partial charge in [-0.05, 0) is 30.7 Å². The Morgan fingerprint density at radius 2 is 1.79 bits per heavy atom. The summed E-state index contributed by atoms with van der Waals surface area (Å²) in [4.78, 5) is 35.0. The first-order chi connectivity index (χ1) is 16.5. The predicted octanol–water partition coefficient (Wildman–Crippen LogP) is 3.09. The SMILES string of the molecule is COc1ccccc1-c1nn2c(=O)cc(CN3CCN(C(=O)c4ccccc4C)CC3)nc2s1. The number of nitrogens with zero attached hydrogens (tertiary/aromatic N) is 5. The summed E-state index contributed by atoms with van der Waals surface area (Å²) in [7, 11) is 1.61. The van der Waals surface area contributed by atoms with Gasteiger partial charge in [0.1, 0.15) is 5.75 Å². The van der Waals surface area contributed by atoms with Gasteiger partial charge in [0, 0.05) is 44.4 Å². The summed E-state index contributed by atoms with van der Waals surface area (Å²) >= 11 is 1.36. The summed E-state index contributed by atoms with van der Waals surface area (Å²) in [5.74, 6) is 0.775. The van der Waals surface area contributed by atoms with Crippen LogP contribution in [0.25, 0.3) is 15.5 Å². The molecule has 1 aliphatic heterocycles. The number of carbonyl (C=O) groups is 1. The minimum atomic E-state index is -0.203. The van der Waals surface area contributed by atoms with Crippen molar-refractivity contribution in [1.29, 1.82) is 0 Å². The molecule has 0 atom stereocenters. The van der Waals surface area contributed by atoms with Gasteiger partial charge in [-0.3, -0.25) is 14.5 Å². The Labute approximate surface area is 201 Å². The number of piperazine rings is 1. The number of hydrogen-bond acceptors (Lipinski definition) is 7. The topological polar surface area (TPSA) is 80.0 Å². The fourth-order valence-corrected chi connectivity index (χ4v) is 5.14. The van der Waals surface area contributed by atoms with Crippen LogP contribution in [-0.4, -0.2) is 63.6 Å². The van der Waals surface area contributed by atoms with Crippen LogP contribution in [0.5, 0.6) is 5.75 Å². The zero-order valence-electron chi connectivity index (χ0n) is 19.1. The van der Waals surface area contributed by atoms with E-state index in [1.165, 1.54) is 15.9 Å². The molecule has 0 unspecified atom stereocenters. The van der Waals surface area contributed by atoms with Gasteiger partial charge in [0.2, 0.25) is 4.96 Å². The van der Waals surface area contributed by atoms with Crippen LogP contribution in [0.3, 0.4) is 0 Å². The van der Waals surface area contributed by atoms with Gasteiger partial charge in [-0.25, -0.2) is 4.98 Å². The highest BCUT2D eigenvalue weighted by Crippen LogP contribution is 2.32. The van der Waals surface area contributed by atoms with Crippen LogP contribution in [0.15, 0.2) is 59.4 Å². The number of fused-ring (bicyclic) bond motifs is 1. The second-order valence-corrected chi connectivity index (χ2v) is 9.23. The first-order valence-electron chi connectivity index (χ1n) is 11.1. The summed E-state index contributed by atoms with van der Waals surface area (Å²) in [6.45, 7) is 5.27. The van der Waals surface area contributed by atoms with E-state index in [0.717, 1.165) is 29.8 Å². The molecule has 34 heavy (non-hydrogen) atoms. The van der Waals surface area contributed by atoms with Crippen LogP contribution in [0.2, 0.25) is 0 Å². The van der Waals surface area contributed by atoms with Gasteiger partial charge in [-0.15, -0.1) is 0 Å². The maximum absolute atomic E-state index is 12.9. The van der Waals surface area contributed by atoms with E-state index in [1.54, 1.807) is 13.2 Å². The van der Waals surface area contributed by atoms with Gasteiger partial charge in [0.05, 0.1) is 18.4 Å². The minimum absolute atomic E-state index is 0.0732. The number of carbonyl (C=O) groups excluding carboxylic acids is 1. The fourth-order valence-electron chi connectivity index (χ4n) is 4.19. The quantitative estimate of drug-likeness (QED) is 0.441. The summed E-state index contributed by atoms with van der Waals surface area (Å²) in [5, 5.41) is 5.15. The molecule has 8 nitrogen and oxygen atoms in total. The summed E-state index contributed by atoms with van der Waals surface area (Å²) in [5.41, 5.74) is 3.08. The smallest absolute Gasteiger partial charge is 0.275 e. The third-order valence-corrected chi connectivity index (χ3v) is 7.00. The van der Waals surface area contributed by atoms with Crippen molar-refractivity contribution >= 4 is 22.2 Å². The molecule has 2 aromatic carbocycles. The molecule has 9 heteroatoms. The first-order valence-corrected chi connectivity index (χ1v) is 12.0. The number of aryl methyl sites for hydroxylation is 1.